The van der Waals surface area contributed by atoms with Gasteiger partial charge in [0.1, 0.15) is 5.82 Å². The summed E-state index contributed by atoms with van der Waals surface area (Å²) in [6.07, 6.45) is 3.15. The monoisotopic (exact) mass is 431 g/mol. The van der Waals surface area contributed by atoms with Crippen LogP contribution in [0.1, 0.15) is 54.6 Å². The van der Waals surface area contributed by atoms with Crippen molar-refractivity contribution in [3.05, 3.63) is 82.9 Å². The van der Waals surface area contributed by atoms with Gasteiger partial charge in [-0.2, -0.15) is 0 Å². The van der Waals surface area contributed by atoms with E-state index in [2.05, 4.69) is 68.3 Å². The van der Waals surface area contributed by atoms with Crippen LogP contribution in [-0.4, -0.2) is 38.7 Å². The van der Waals surface area contributed by atoms with Crippen LogP contribution >= 0.6 is 0 Å². The minimum atomic E-state index is -0.160. The molecule has 2 heterocycles. The van der Waals surface area contributed by atoms with Crippen molar-refractivity contribution in [2.45, 2.75) is 58.7 Å². The highest BCUT2D eigenvalue weighted by Gasteiger charge is 2.22. The maximum atomic E-state index is 12.5. The Labute approximate surface area is 190 Å². The molecule has 0 fully saturated rings. The molecule has 32 heavy (non-hydrogen) atoms. The Bertz CT molecular complexity index is 1010. The van der Waals surface area contributed by atoms with Gasteiger partial charge < -0.3 is 9.88 Å². The summed E-state index contributed by atoms with van der Waals surface area (Å²) in [7, 11) is 0. The topological polar surface area (TPSA) is 63.1 Å². The molecular weight excluding hydrogens is 398 g/mol. The maximum absolute atomic E-state index is 12.5. The number of benzene rings is 2. The molecule has 0 unspecified atom stereocenters. The van der Waals surface area contributed by atoms with Crippen molar-refractivity contribution >= 4 is 5.91 Å². The Morgan fingerprint density at radius 2 is 1.72 bits per heavy atom. The smallest absolute Gasteiger partial charge is 0.220 e. The number of carbonyl (C=O) groups excluding carboxylic acids is 1. The minimum absolute atomic E-state index is 0.0458. The fourth-order valence-corrected chi connectivity index (χ4v) is 4.29. The standard InChI is InChI=1S/C26H33N5O/c1-3-21-9-11-23(12-10-21)19-30-16-15-24-28-29-26(31(24)18-17-30)20(2)27-25(32)14-13-22-7-5-4-6-8-22/h4-12,20H,3,13-19H2,1-2H3,(H,27,32)/t20-/m0/s1. The number of nitrogens with zero attached hydrogens (tertiary/aromatic N) is 4. The largest absolute Gasteiger partial charge is 0.346 e. The van der Waals surface area contributed by atoms with Gasteiger partial charge in [-0.1, -0.05) is 61.5 Å². The molecule has 1 atom stereocenters. The summed E-state index contributed by atoms with van der Waals surface area (Å²) in [5.41, 5.74) is 3.90. The fourth-order valence-electron chi connectivity index (χ4n) is 4.29. The van der Waals surface area contributed by atoms with Crippen LogP contribution in [0, 0.1) is 0 Å². The van der Waals surface area contributed by atoms with Crippen molar-refractivity contribution in [2.75, 3.05) is 13.1 Å². The van der Waals surface area contributed by atoms with Crippen molar-refractivity contribution in [3.63, 3.8) is 0 Å². The van der Waals surface area contributed by atoms with Crippen molar-refractivity contribution in [1.82, 2.24) is 25.0 Å². The minimum Gasteiger partial charge on any atom is -0.346 e. The SMILES string of the molecule is CCc1ccc(CN2CCc3nnc([C@H](C)NC(=O)CCc4ccccc4)n3CC2)cc1. The highest BCUT2D eigenvalue weighted by molar-refractivity contribution is 5.76. The van der Waals surface area contributed by atoms with Gasteiger partial charge in [-0.25, -0.2) is 0 Å². The van der Waals surface area contributed by atoms with Gasteiger partial charge in [0.25, 0.3) is 0 Å². The maximum Gasteiger partial charge on any atom is 0.220 e. The molecule has 1 N–H and O–H groups in total. The van der Waals surface area contributed by atoms with Crippen LogP contribution < -0.4 is 5.32 Å². The molecule has 168 valence electrons. The number of amides is 1. The third-order valence-electron chi connectivity index (χ3n) is 6.23. The van der Waals surface area contributed by atoms with Crippen molar-refractivity contribution < 1.29 is 4.79 Å². The molecule has 3 aromatic rings. The Morgan fingerprint density at radius 3 is 2.47 bits per heavy atom. The molecule has 0 saturated heterocycles. The van der Waals surface area contributed by atoms with Crippen LogP contribution in [0.4, 0.5) is 0 Å². The molecule has 1 aliphatic rings. The summed E-state index contributed by atoms with van der Waals surface area (Å²) in [5, 5.41) is 12.0. The first-order valence-corrected chi connectivity index (χ1v) is 11.7. The van der Waals surface area contributed by atoms with Crippen LogP contribution in [0.25, 0.3) is 0 Å². The molecule has 1 aliphatic heterocycles. The molecule has 0 aliphatic carbocycles. The van der Waals surface area contributed by atoms with E-state index in [-0.39, 0.29) is 11.9 Å². The number of nitrogens with one attached hydrogen (secondary N) is 1. The van der Waals surface area contributed by atoms with E-state index in [1.54, 1.807) is 0 Å². The molecule has 0 spiro atoms. The van der Waals surface area contributed by atoms with Crippen molar-refractivity contribution in [2.24, 2.45) is 0 Å². The number of rotatable bonds is 8. The summed E-state index contributed by atoms with van der Waals surface area (Å²) in [4.78, 5) is 15.0. The van der Waals surface area contributed by atoms with Crippen molar-refractivity contribution in [3.8, 4) is 0 Å². The number of aryl methyl sites for hydroxylation is 2. The zero-order valence-electron chi connectivity index (χ0n) is 19.1. The third kappa shape index (κ3) is 5.62. The second kappa shape index (κ2) is 10.6. The Kier molecular flexibility index (Phi) is 7.32. The van der Waals surface area contributed by atoms with Gasteiger partial charge in [-0.15, -0.1) is 10.2 Å². The van der Waals surface area contributed by atoms with E-state index in [1.807, 2.05) is 25.1 Å². The highest BCUT2D eigenvalue weighted by Crippen LogP contribution is 2.17. The molecule has 4 rings (SSSR count). The Morgan fingerprint density at radius 1 is 0.969 bits per heavy atom. The first kappa shape index (κ1) is 22.2. The highest BCUT2D eigenvalue weighted by atomic mass is 16.1. The lowest BCUT2D eigenvalue weighted by atomic mass is 10.1. The summed E-state index contributed by atoms with van der Waals surface area (Å²) in [6.45, 7) is 7.88. The zero-order valence-corrected chi connectivity index (χ0v) is 19.1. The van der Waals surface area contributed by atoms with Gasteiger partial charge in [0, 0.05) is 39.0 Å². The second-order valence-electron chi connectivity index (χ2n) is 8.60. The number of fused-ring (bicyclic) bond motifs is 1. The van der Waals surface area contributed by atoms with Crippen molar-refractivity contribution in [1.29, 1.82) is 0 Å². The number of carbonyl (C=O) groups is 1. The average Bonchev–Trinajstić information content (AvgIpc) is 3.13. The van der Waals surface area contributed by atoms with E-state index in [4.69, 9.17) is 0 Å². The van der Waals surface area contributed by atoms with Gasteiger partial charge in [0.05, 0.1) is 6.04 Å². The summed E-state index contributed by atoms with van der Waals surface area (Å²) < 4.78 is 2.20. The quantitative estimate of drug-likeness (QED) is 0.591. The second-order valence-corrected chi connectivity index (χ2v) is 8.60. The van der Waals surface area contributed by atoms with Gasteiger partial charge in [-0.3, -0.25) is 9.69 Å². The molecule has 1 aromatic heterocycles. The van der Waals surface area contributed by atoms with Crippen LogP contribution in [0.3, 0.4) is 0 Å². The molecule has 0 saturated carbocycles. The Hall–Kier alpha value is -2.99. The molecular formula is C26H33N5O. The summed E-state index contributed by atoms with van der Waals surface area (Å²) >= 11 is 0. The molecule has 1 amide bonds. The predicted octanol–water partition coefficient (Wildman–Crippen LogP) is 3.71. The first-order chi connectivity index (χ1) is 15.6. The number of aromatic nitrogens is 3. The van der Waals surface area contributed by atoms with Gasteiger partial charge in [0.2, 0.25) is 5.91 Å². The molecule has 0 bridgehead atoms. The molecule has 6 heteroatoms. The van der Waals surface area contributed by atoms with E-state index < -0.39 is 0 Å². The molecule has 6 nitrogen and oxygen atoms in total. The molecule has 2 aromatic carbocycles. The summed E-state index contributed by atoms with van der Waals surface area (Å²) in [5.74, 6) is 1.90. The average molecular weight is 432 g/mol. The lowest BCUT2D eigenvalue weighted by molar-refractivity contribution is -0.121. The van der Waals surface area contributed by atoms with Gasteiger partial charge in [-0.05, 0) is 36.5 Å². The van der Waals surface area contributed by atoms with E-state index in [0.29, 0.717) is 6.42 Å². The molecule has 0 radical (unpaired) electrons. The van der Waals surface area contributed by atoms with Crippen LogP contribution in [-0.2, 0) is 37.1 Å². The zero-order chi connectivity index (χ0) is 22.3. The number of hydrogen-bond donors (Lipinski definition) is 1. The van der Waals surface area contributed by atoms with Gasteiger partial charge in [0.15, 0.2) is 5.82 Å². The van der Waals surface area contributed by atoms with Gasteiger partial charge >= 0.3 is 0 Å². The van der Waals surface area contributed by atoms with Crippen LogP contribution in [0.15, 0.2) is 54.6 Å². The normalized spacial score (nSPS) is 15.1. The lowest BCUT2D eigenvalue weighted by Gasteiger charge is -2.20. The van der Waals surface area contributed by atoms with E-state index in [9.17, 15) is 4.79 Å². The van der Waals surface area contributed by atoms with Crippen LogP contribution in [0.5, 0.6) is 0 Å². The van der Waals surface area contributed by atoms with E-state index >= 15 is 0 Å². The lowest BCUT2D eigenvalue weighted by Crippen LogP contribution is -2.30. The first-order valence-electron chi connectivity index (χ1n) is 11.7. The fraction of sp³-hybridized carbons (Fsp3) is 0.423. The number of hydrogen-bond acceptors (Lipinski definition) is 4. The van der Waals surface area contributed by atoms with Crippen LogP contribution in [0.2, 0.25) is 0 Å². The van der Waals surface area contributed by atoms with E-state index in [0.717, 1.165) is 57.1 Å². The predicted molar refractivity (Wildman–Crippen MR) is 126 cm³/mol. The van der Waals surface area contributed by atoms with E-state index in [1.165, 1.54) is 16.7 Å². The third-order valence-corrected chi connectivity index (χ3v) is 6.23. The Balaban J connectivity index is 1.32. The summed E-state index contributed by atoms with van der Waals surface area (Å²) in [6, 6.07) is 18.9.